The van der Waals surface area contributed by atoms with Crippen LogP contribution in [0.25, 0.3) is 0 Å². The number of allylic oxidation sites excluding steroid dienone is 1. The van der Waals surface area contributed by atoms with E-state index in [-0.39, 0.29) is 0 Å². The molecule has 1 heterocycles. The number of aliphatic hydroxyl groups is 1. The van der Waals surface area contributed by atoms with Crippen molar-refractivity contribution in [1.29, 1.82) is 0 Å². The molecule has 2 N–H and O–H groups in total. The lowest BCUT2D eigenvalue weighted by Gasteiger charge is -2.35. The van der Waals surface area contributed by atoms with E-state index in [0.717, 1.165) is 31.5 Å². The first kappa shape index (κ1) is 14.3. The van der Waals surface area contributed by atoms with Crippen LogP contribution in [0.3, 0.4) is 0 Å². The summed E-state index contributed by atoms with van der Waals surface area (Å²) in [5.74, 6) is -0.626. The molecule has 0 aromatic carbocycles. The van der Waals surface area contributed by atoms with Gasteiger partial charge in [0.05, 0.1) is 6.61 Å². The second-order valence-corrected chi connectivity index (χ2v) is 6.07. The second kappa shape index (κ2) is 5.51. The number of aliphatic hydroxyl groups excluding tert-OH is 1. The van der Waals surface area contributed by atoms with Crippen molar-refractivity contribution in [3.8, 4) is 0 Å². The molecule has 108 valence electrons. The zero-order valence-electron chi connectivity index (χ0n) is 11.9. The monoisotopic (exact) mass is 269 g/mol. The third-order valence-corrected chi connectivity index (χ3v) is 3.27. The Morgan fingerprint density at radius 2 is 2.16 bits per heavy atom. The fraction of sp³-hybridized carbons (Fsp3) is 0.786. The molecule has 2 rings (SSSR count). The molecule has 0 aromatic rings. The number of morpholine rings is 1. The van der Waals surface area contributed by atoms with Gasteiger partial charge in [-0.15, -0.1) is 0 Å². The number of esters is 1. The molecule has 1 saturated heterocycles. The first-order valence-electron chi connectivity index (χ1n) is 6.87. The summed E-state index contributed by atoms with van der Waals surface area (Å²) in [6, 6.07) is 0. The van der Waals surface area contributed by atoms with Gasteiger partial charge in [-0.2, -0.15) is 0 Å². The summed E-state index contributed by atoms with van der Waals surface area (Å²) in [4.78, 5) is 11.9. The van der Waals surface area contributed by atoms with E-state index < -0.39 is 23.8 Å². The summed E-state index contributed by atoms with van der Waals surface area (Å²) in [7, 11) is 0. The molecular formula is C14H23NO4. The van der Waals surface area contributed by atoms with E-state index in [1.807, 2.05) is 0 Å². The molecule has 5 heteroatoms. The maximum Gasteiger partial charge on any atom is 0.338 e. The number of carbonyl (C=O) groups is 1. The van der Waals surface area contributed by atoms with Crippen molar-refractivity contribution < 1.29 is 19.4 Å². The van der Waals surface area contributed by atoms with E-state index in [1.54, 1.807) is 20.8 Å². The van der Waals surface area contributed by atoms with E-state index in [0.29, 0.717) is 6.61 Å². The number of rotatable bonds is 2. The van der Waals surface area contributed by atoms with Crippen molar-refractivity contribution in [3.63, 3.8) is 0 Å². The molecule has 0 spiro atoms. The molecule has 1 saturated carbocycles. The lowest BCUT2D eigenvalue weighted by atomic mass is 9.87. The number of carbonyl (C=O) groups excluding carboxylic acids is 1. The van der Waals surface area contributed by atoms with Gasteiger partial charge in [0.15, 0.2) is 6.10 Å². The normalized spacial score (nSPS) is 25.4. The summed E-state index contributed by atoms with van der Waals surface area (Å²) in [5.41, 5.74) is 1.53. The Labute approximate surface area is 114 Å². The molecule has 2 atom stereocenters. The Balaban J connectivity index is 2.07. The van der Waals surface area contributed by atoms with Gasteiger partial charge in [0.25, 0.3) is 0 Å². The quantitative estimate of drug-likeness (QED) is 0.735. The summed E-state index contributed by atoms with van der Waals surface area (Å²) in [6.07, 6.45) is 1.32. The largest absolute Gasteiger partial charge is 0.458 e. The van der Waals surface area contributed by atoms with Gasteiger partial charge in [-0.1, -0.05) is 0 Å². The third kappa shape index (κ3) is 3.48. The average molecular weight is 269 g/mol. The van der Waals surface area contributed by atoms with Gasteiger partial charge in [-0.05, 0) is 45.6 Å². The van der Waals surface area contributed by atoms with E-state index in [1.165, 1.54) is 5.57 Å². The SMILES string of the molecule is CC(C)(C)OC(=O)C(O)C1OCCNC1=C1CCC1. The van der Waals surface area contributed by atoms with Crippen molar-refractivity contribution >= 4 is 5.97 Å². The highest BCUT2D eigenvalue weighted by Crippen LogP contribution is 2.31. The molecule has 0 aromatic heterocycles. The van der Waals surface area contributed by atoms with Crippen LogP contribution in [0.2, 0.25) is 0 Å². The second-order valence-electron chi connectivity index (χ2n) is 6.07. The highest BCUT2D eigenvalue weighted by Gasteiger charge is 2.37. The zero-order chi connectivity index (χ0) is 14.0. The molecule has 1 aliphatic carbocycles. The minimum Gasteiger partial charge on any atom is -0.458 e. The number of hydrogen-bond donors (Lipinski definition) is 2. The summed E-state index contributed by atoms with van der Waals surface area (Å²) in [6.45, 7) is 6.55. The van der Waals surface area contributed by atoms with Crippen LogP contribution in [0.5, 0.6) is 0 Å². The van der Waals surface area contributed by atoms with Gasteiger partial charge in [0.1, 0.15) is 11.7 Å². The number of nitrogens with one attached hydrogen (secondary N) is 1. The van der Waals surface area contributed by atoms with Crippen molar-refractivity contribution in [2.24, 2.45) is 0 Å². The van der Waals surface area contributed by atoms with E-state index in [4.69, 9.17) is 9.47 Å². The van der Waals surface area contributed by atoms with Gasteiger partial charge in [-0.25, -0.2) is 4.79 Å². The Morgan fingerprint density at radius 3 is 2.68 bits per heavy atom. The lowest BCUT2D eigenvalue weighted by Crippen LogP contribution is -2.49. The molecule has 2 fully saturated rings. The summed E-state index contributed by atoms with van der Waals surface area (Å²) in [5, 5.41) is 13.4. The minimum absolute atomic E-state index is 0.487. The smallest absolute Gasteiger partial charge is 0.338 e. The first-order chi connectivity index (χ1) is 8.88. The Bertz CT molecular complexity index is 377. The molecule has 2 aliphatic rings. The van der Waals surface area contributed by atoms with Crippen molar-refractivity contribution in [2.75, 3.05) is 13.2 Å². The van der Waals surface area contributed by atoms with Crippen LogP contribution in [0.15, 0.2) is 11.3 Å². The summed E-state index contributed by atoms with van der Waals surface area (Å²) < 4.78 is 10.8. The van der Waals surface area contributed by atoms with Crippen LogP contribution in [-0.4, -0.2) is 42.0 Å². The van der Waals surface area contributed by atoms with Gasteiger partial charge in [-0.3, -0.25) is 0 Å². The van der Waals surface area contributed by atoms with E-state index in [2.05, 4.69) is 5.32 Å². The maximum atomic E-state index is 11.9. The zero-order valence-corrected chi connectivity index (χ0v) is 11.9. The summed E-state index contributed by atoms with van der Waals surface area (Å²) >= 11 is 0. The Morgan fingerprint density at radius 1 is 1.47 bits per heavy atom. The number of ether oxygens (including phenoxy) is 2. The lowest BCUT2D eigenvalue weighted by molar-refractivity contribution is -0.172. The molecule has 2 unspecified atom stereocenters. The van der Waals surface area contributed by atoms with Crippen molar-refractivity contribution in [3.05, 3.63) is 11.3 Å². The third-order valence-electron chi connectivity index (χ3n) is 3.27. The fourth-order valence-corrected chi connectivity index (χ4v) is 2.24. The minimum atomic E-state index is -1.27. The highest BCUT2D eigenvalue weighted by molar-refractivity contribution is 5.76. The Kier molecular flexibility index (Phi) is 4.16. The van der Waals surface area contributed by atoms with E-state index in [9.17, 15) is 9.90 Å². The van der Waals surface area contributed by atoms with Crippen LogP contribution in [0.1, 0.15) is 40.0 Å². The Hall–Kier alpha value is -1.07. The first-order valence-corrected chi connectivity index (χ1v) is 6.87. The fourth-order valence-electron chi connectivity index (χ4n) is 2.24. The van der Waals surface area contributed by atoms with Crippen LogP contribution >= 0.6 is 0 Å². The molecule has 0 bridgehead atoms. The highest BCUT2D eigenvalue weighted by atomic mass is 16.6. The van der Waals surface area contributed by atoms with Crippen LogP contribution in [-0.2, 0) is 14.3 Å². The maximum absolute atomic E-state index is 11.9. The molecular weight excluding hydrogens is 246 g/mol. The molecule has 5 nitrogen and oxygen atoms in total. The predicted molar refractivity (Wildman–Crippen MR) is 70.5 cm³/mol. The van der Waals surface area contributed by atoms with Gasteiger partial charge < -0.3 is 19.9 Å². The van der Waals surface area contributed by atoms with Gasteiger partial charge in [0, 0.05) is 12.2 Å². The molecule has 1 aliphatic heterocycles. The van der Waals surface area contributed by atoms with Crippen LogP contribution in [0, 0.1) is 0 Å². The molecule has 19 heavy (non-hydrogen) atoms. The van der Waals surface area contributed by atoms with Gasteiger partial charge >= 0.3 is 5.97 Å². The topological polar surface area (TPSA) is 67.8 Å². The predicted octanol–water partition coefficient (Wildman–Crippen LogP) is 1.12. The van der Waals surface area contributed by atoms with Crippen LogP contribution < -0.4 is 5.32 Å². The van der Waals surface area contributed by atoms with Gasteiger partial charge in [0.2, 0.25) is 0 Å². The van der Waals surface area contributed by atoms with Crippen LogP contribution in [0.4, 0.5) is 0 Å². The average Bonchev–Trinajstić information content (AvgIpc) is 2.24. The molecule has 0 radical (unpaired) electrons. The van der Waals surface area contributed by atoms with Crippen molar-refractivity contribution in [2.45, 2.75) is 57.8 Å². The molecule has 0 amide bonds. The standard InChI is InChI=1S/C14H23NO4/c1-14(2,3)19-13(17)11(16)12-10(9-5-4-6-9)15-7-8-18-12/h11-12,15-16H,4-8H2,1-3H3. The van der Waals surface area contributed by atoms with E-state index >= 15 is 0 Å². The van der Waals surface area contributed by atoms with Crippen molar-refractivity contribution in [1.82, 2.24) is 5.32 Å². The number of hydrogen-bond acceptors (Lipinski definition) is 5.